The monoisotopic (exact) mass is 354 g/mol. The first-order chi connectivity index (χ1) is 12.7. The molecule has 1 heterocycles. The molecule has 0 bridgehead atoms. The topological polar surface area (TPSA) is 73.5 Å². The Morgan fingerprint density at radius 2 is 1.85 bits per heavy atom. The number of amides is 1. The van der Waals surface area contributed by atoms with E-state index in [0.717, 1.165) is 11.1 Å². The molecule has 0 spiro atoms. The van der Waals surface area contributed by atoms with Crippen LogP contribution < -0.4 is 11.1 Å². The van der Waals surface area contributed by atoms with E-state index in [1.165, 1.54) is 4.57 Å². The minimum Gasteiger partial charge on any atom is -0.408 e. The molecule has 0 aliphatic rings. The molecule has 1 aromatic heterocycles. The highest BCUT2D eigenvalue weighted by atomic mass is 16.5. The Kier molecular flexibility index (Phi) is 5.86. The first kappa shape index (κ1) is 17.9. The van der Waals surface area contributed by atoms with Crippen molar-refractivity contribution >= 4 is 17.0 Å². The van der Waals surface area contributed by atoms with Crippen LogP contribution in [0.3, 0.4) is 0 Å². The van der Waals surface area contributed by atoms with Crippen molar-refractivity contribution < 1.29 is 13.9 Å². The average Bonchev–Trinajstić information content (AvgIpc) is 2.98. The summed E-state index contributed by atoms with van der Waals surface area (Å²) < 4.78 is 12.1. The van der Waals surface area contributed by atoms with Gasteiger partial charge in [0, 0.05) is 26.1 Å². The zero-order valence-electron chi connectivity index (χ0n) is 14.7. The zero-order valence-corrected chi connectivity index (χ0v) is 14.7. The van der Waals surface area contributed by atoms with Gasteiger partial charge in [0.15, 0.2) is 5.58 Å². The van der Waals surface area contributed by atoms with Crippen LogP contribution in [0, 0.1) is 0 Å². The standard InChI is InChI=1S/C20H22N2O4/c1-2-25-14-16-8-4-3-7-15(16)13-21-19(23)11-12-22-17-9-5-6-10-18(17)26-20(22)24/h3-10H,2,11-14H2,1H3,(H,21,23). The van der Waals surface area contributed by atoms with Crippen LogP contribution in [0.2, 0.25) is 0 Å². The number of benzene rings is 2. The van der Waals surface area contributed by atoms with E-state index in [-0.39, 0.29) is 18.9 Å². The summed E-state index contributed by atoms with van der Waals surface area (Å²) in [6, 6.07) is 15.1. The number of rotatable bonds is 8. The lowest BCUT2D eigenvalue weighted by molar-refractivity contribution is -0.121. The van der Waals surface area contributed by atoms with Crippen LogP contribution in [0.5, 0.6) is 0 Å². The summed E-state index contributed by atoms with van der Waals surface area (Å²) >= 11 is 0. The first-order valence-corrected chi connectivity index (χ1v) is 8.68. The van der Waals surface area contributed by atoms with Gasteiger partial charge in [0.1, 0.15) is 0 Å². The Bertz CT molecular complexity index is 942. The molecular weight excluding hydrogens is 332 g/mol. The van der Waals surface area contributed by atoms with Crippen molar-refractivity contribution in [2.45, 2.75) is 33.0 Å². The van der Waals surface area contributed by atoms with E-state index in [9.17, 15) is 9.59 Å². The molecule has 1 N–H and O–H groups in total. The lowest BCUT2D eigenvalue weighted by Crippen LogP contribution is -2.26. The van der Waals surface area contributed by atoms with Gasteiger partial charge in [-0.25, -0.2) is 4.79 Å². The van der Waals surface area contributed by atoms with Crippen molar-refractivity contribution in [2.75, 3.05) is 6.61 Å². The van der Waals surface area contributed by atoms with Gasteiger partial charge in [-0.2, -0.15) is 0 Å². The molecule has 3 rings (SSSR count). The van der Waals surface area contributed by atoms with E-state index in [1.807, 2.05) is 49.4 Å². The second-order valence-corrected chi connectivity index (χ2v) is 5.92. The number of para-hydroxylation sites is 2. The van der Waals surface area contributed by atoms with Crippen molar-refractivity contribution in [1.29, 1.82) is 0 Å². The Hall–Kier alpha value is -2.86. The highest BCUT2D eigenvalue weighted by Gasteiger charge is 2.11. The van der Waals surface area contributed by atoms with Gasteiger partial charge < -0.3 is 14.5 Å². The Labute approximate surface area is 151 Å². The molecule has 0 aliphatic carbocycles. The summed E-state index contributed by atoms with van der Waals surface area (Å²) in [7, 11) is 0. The number of ether oxygens (including phenoxy) is 1. The number of hydrogen-bond donors (Lipinski definition) is 1. The summed E-state index contributed by atoms with van der Waals surface area (Å²) in [5.74, 6) is -0.561. The zero-order chi connectivity index (χ0) is 18.4. The normalized spacial score (nSPS) is 11.0. The van der Waals surface area contributed by atoms with Gasteiger partial charge in [-0.3, -0.25) is 9.36 Å². The molecule has 136 valence electrons. The number of carbonyl (C=O) groups excluding carboxylic acids is 1. The summed E-state index contributed by atoms with van der Waals surface area (Å²) in [6.07, 6.45) is 0.205. The molecule has 6 heteroatoms. The van der Waals surface area contributed by atoms with Crippen molar-refractivity contribution in [3.05, 3.63) is 70.2 Å². The number of oxazole rings is 1. The predicted molar refractivity (Wildman–Crippen MR) is 98.7 cm³/mol. The number of fused-ring (bicyclic) bond motifs is 1. The van der Waals surface area contributed by atoms with Gasteiger partial charge in [-0.1, -0.05) is 36.4 Å². The largest absolute Gasteiger partial charge is 0.419 e. The maximum absolute atomic E-state index is 12.2. The smallest absolute Gasteiger partial charge is 0.408 e. The third kappa shape index (κ3) is 4.21. The fraction of sp³-hybridized carbons (Fsp3) is 0.300. The molecule has 26 heavy (non-hydrogen) atoms. The molecule has 0 saturated carbocycles. The molecule has 0 unspecified atom stereocenters. The molecule has 0 saturated heterocycles. The lowest BCUT2D eigenvalue weighted by Gasteiger charge is -2.11. The third-order valence-corrected chi connectivity index (χ3v) is 4.19. The van der Waals surface area contributed by atoms with E-state index in [1.54, 1.807) is 6.07 Å². The molecule has 0 atom stereocenters. The van der Waals surface area contributed by atoms with Crippen LogP contribution in [0.1, 0.15) is 24.5 Å². The molecule has 0 aliphatic heterocycles. The number of hydrogen-bond acceptors (Lipinski definition) is 4. The van der Waals surface area contributed by atoms with Gasteiger partial charge in [0.2, 0.25) is 5.91 Å². The van der Waals surface area contributed by atoms with Crippen LogP contribution in [0.4, 0.5) is 0 Å². The van der Waals surface area contributed by atoms with Crippen molar-refractivity contribution in [3.8, 4) is 0 Å². The van der Waals surface area contributed by atoms with Crippen molar-refractivity contribution in [2.24, 2.45) is 0 Å². The van der Waals surface area contributed by atoms with Crippen LogP contribution in [-0.4, -0.2) is 17.1 Å². The SMILES string of the molecule is CCOCc1ccccc1CNC(=O)CCn1c(=O)oc2ccccc21. The van der Waals surface area contributed by atoms with E-state index in [4.69, 9.17) is 9.15 Å². The van der Waals surface area contributed by atoms with Gasteiger partial charge >= 0.3 is 5.76 Å². The maximum atomic E-state index is 12.2. The van der Waals surface area contributed by atoms with Crippen LogP contribution >= 0.6 is 0 Å². The van der Waals surface area contributed by atoms with Gasteiger partial charge in [0.05, 0.1) is 12.1 Å². The molecular formula is C20H22N2O4. The minimum absolute atomic E-state index is 0.117. The summed E-state index contributed by atoms with van der Waals surface area (Å²) in [5, 5.41) is 2.91. The van der Waals surface area contributed by atoms with E-state index in [0.29, 0.717) is 30.9 Å². The van der Waals surface area contributed by atoms with Crippen LogP contribution in [-0.2, 0) is 29.2 Å². The average molecular weight is 354 g/mol. The Morgan fingerprint density at radius 1 is 1.12 bits per heavy atom. The Morgan fingerprint density at radius 3 is 2.65 bits per heavy atom. The number of carbonyl (C=O) groups is 1. The molecule has 0 radical (unpaired) electrons. The number of aryl methyl sites for hydroxylation is 1. The lowest BCUT2D eigenvalue weighted by atomic mass is 10.1. The van der Waals surface area contributed by atoms with Crippen LogP contribution in [0.15, 0.2) is 57.7 Å². The second-order valence-electron chi connectivity index (χ2n) is 5.92. The van der Waals surface area contributed by atoms with E-state index in [2.05, 4.69) is 5.32 Å². The Balaban J connectivity index is 1.58. The molecule has 1 amide bonds. The van der Waals surface area contributed by atoms with Gasteiger partial charge in [-0.05, 0) is 30.2 Å². The number of aromatic nitrogens is 1. The second kappa shape index (κ2) is 8.49. The van der Waals surface area contributed by atoms with Gasteiger partial charge in [-0.15, -0.1) is 0 Å². The molecule has 2 aromatic carbocycles. The predicted octanol–water partition coefficient (Wildman–Crippen LogP) is 2.84. The molecule has 0 fully saturated rings. The quantitative estimate of drug-likeness (QED) is 0.675. The summed E-state index contributed by atoms with van der Waals surface area (Å²) in [4.78, 5) is 24.1. The van der Waals surface area contributed by atoms with Crippen LogP contribution in [0.25, 0.3) is 11.1 Å². The number of nitrogens with zero attached hydrogens (tertiary/aromatic N) is 1. The minimum atomic E-state index is -0.443. The fourth-order valence-corrected chi connectivity index (χ4v) is 2.80. The maximum Gasteiger partial charge on any atom is 0.419 e. The number of nitrogens with one attached hydrogen (secondary N) is 1. The summed E-state index contributed by atoms with van der Waals surface area (Å²) in [5.41, 5.74) is 3.32. The van der Waals surface area contributed by atoms with Crippen molar-refractivity contribution in [3.63, 3.8) is 0 Å². The van der Waals surface area contributed by atoms with Gasteiger partial charge in [0.25, 0.3) is 0 Å². The summed E-state index contributed by atoms with van der Waals surface area (Å²) in [6.45, 7) is 3.84. The van der Waals surface area contributed by atoms with Crippen molar-refractivity contribution in [1.82, 2.24) is 9.88 Å². The van der Waals surface area contributed by atoms with E-state index < -0.39 is 5.76 Å². The molecule has 3 aromatic rings. The van der Waals surface area contributed by atoms with E-state index >= 15 is 0 Å². The highest BCUT2D eigenvalue weighted by Crippen LogP contribution is 2.12. The fourth-order valence-electron chi connectivity index (χ4n) is 2.80. The molecule has 6 nitrogen and oxygen atoms in total. The first-order valence-electron chi connectivity index (χ1n) is 8.68. The third-order valence-electron chi connectivity index (χ3n) is 4.19. The highest BCUT2D eigenvalue weighted by molar-refractivity contribution is 5.76.